The van der Waals surface area contributed by atoms with E-state index in [-0.39, 0.29) is 30.9 Å². The highest BCUT2D eigenvalue weighted by Crippen LogP contribution is 2.23. The molecule has 2 N–H and O–H groups in total. The number of hydrogen-bond donors (Lipinski definition) is 2. The lowest BCUT2D eigenvalue weighted by Crippen LogP contribution is -2.45. The molecule has 2 aromatic rings. The molecule has 1 aliphatic heterocycles. The van der Waals surface area contributed by atoms with Crippen LogP contribution in [0, 0.1) is 19.3 Å². The van der Waals surface area contributed by atoms with E-state index in [1.807, 2.05) is 0 Å². The molecule has 0 saturated carbocycles. The van der Waals surface area contributed by atoms with Crippen LogP contribution in [0.25, 0.3) is 10.9 Å². The van der Waals surface area contributed by atoms with Gasteiger partial charge in [-0.25, -0.2) is 4.98 Å². The Morgan fingerprint density at radius 2 is 2.07 bits per heavy atom. The van der Waals surface area contributed by atoms with Crippen LogP contribution < -0.4 is 16.2 Å². The molecule has 1 aliphatic rings. The zero-order chi connectivity index (χ0) is 21.5. The number of amides is 2. The van der Waals surface area contributed by atoms with E-state index in [1.165, 1.54) is 4.57 Å². The molecule has 3 rings (SSSR count). The number of ether oxygens (including phenoxy) is 2. The average molecular weight is 412 g/mol. The largest absolute Gasteiger partial charge is 0.382 e. The van der Waals surface area contributed by atoms with E-state index in [4.69, 9.17) is 15.9 Å². The highest BCUT2D eigenvalue weighted by atomic mass is 16.5. The monoisotopic (exact) mass is 412 g/mol. The predicted molar refractivity (Wildman–Crippen MR) is 111 cm³/mol. The first-order valence-electron chi connectivity index (χ1n) is 9.71. The van der Waals surface area contributed by atoms with Crippen molar-refractivity contribution >= 4 is 28.4 Å². The van der Waals surface area contributed by atoms with Crippen LogP contribution in [0.2, 0.25) is 0 Å². The number of hydrogen-bond acceptors (Lipinski definition) is 7. The maximum atomic E-state index is 13.3. The summed E-state index contributed by atoms with van der Waals surface area (Å²) in [6.07, 6.45) is 5.55. The third-order valence-corrected chi connectivity index (χ3v) is 4.75. The quantitative estimate of drug-likeness (QED) is 0.355. The Morgan fingerprint density at radius 3 is 2.83 bits per heavy atom. The summed E-state index contributed by atoms with van der Waals surface area (Å²) in [5, 5.41) is 5.88. The molecule has 1 atom stereocenters. The normalized spacial score (nSPS) is 16.3. The van der Waals surface area contributed by atoms with E-state index < -0.39 is 11.9 Å². The van der Waals surface area contributed by atoms with Crippen molar-refractivity contribution in [3.8, 4) is 12.3 Å². The van der Waals surface area contributed by atoms with Crippen molar-refractivity contribution in [2.24, 2.45) is 0 Å². The van der Waals surface area contributed by atoms with Crippen molar-refractivity contribution in [3.63, 3.8) is 0 Å². The number of imide groups is 1. The van der Waals surface area contributed by atoms with Crippen molar-refractivity contribution in [1.82, 2.24) is 14.9 Å². The second-order valence-electron chi connectivity index (χ2n) is 6.80. The van der Waals surface area contributed by atoms with Crippen molar-refractivity contribution in [2.75, 3.05) is 38.3 Å². The van der Waals surface area contributed by atoms with Gasteiger partial charge in [-0.05, 0) is 25.5 Å². The molecule has 2 amide bonds. The molecule has 1 saturated heterocycles. The molecule has 9 heteroatoms. The minimum atomic E-state index is -0.758. The number of nitrogens with zero attached hydrogens (tertiary/aromatic N) is 2. The van der Waals surface area contributed by atoms with E-state index in [0.29, 0.717) is 48.8 Å². The van der Waals surface area contributed by atoms with Crippen molar-refractivity contribution in [3.05, 3.63) is 34.4 Å². The third kappa shape index (κ3) is 4.84. The maximum absolute atomic E-state index is 13.3. The Labute approximate surface area is 173 Å². The van der Waals surface area contributed by atoms with Gasteiger partial charge in [-0.3, -0.25) is 24.3 Å². The number of benzene rings is 1. The number of carbonyl (C=O) groups excluding carboxylic acids is 2. The minimum absolute atomic E-state index is 0.183. The van der Waals surface area contributed by atoms with Gasteiger partial charge in [0.2, 0.25) is 11.8 Å². The van der Waals surface area contributed by atoms with Gasteiger partial charge in [0.25, 0.3) is 5.56 Å². The van der Waals surface area contributed by atoms with Gasteiger partial charge in [0.15, 0.2) is 0 Å². The van der Waals surface area contributed by atoms with Crippen LogP contribution in [0.5, 0.6) is 0 Å². The van der Waals surface area contributed by atoms with E-state index >= 15 is 0 Å². The number of fused-ring (bicyclic) bond motifs is 1. The molecule has 9 nitrogen and oxygen atoms in total. The average Bonchev–Trinajstić information content (AvgIpc) is 2.71. The summed E-state index contributed by atoms with van der Waals surface area (Å²) >= 11 is 0. The van der Waals surface area contributed by atoms with Gasteiger partial charge >= 0.3 is 0 Å². The fourth-order valence-electron chi connectivity index (χ4n) is 3.41. The van der Waals surface area contributed by atoms with Crippen LogP contribution in [0.1, 0.15) is 24.7 Å². The molecule has 0 bridgehead atoms. The molecule has 0 radical (unpaired) electrons. The van der Waals surface area contributed by atoms with Gasteiger partial charge in [0.1, 0.15) is 18.5 Å². The van der Waals surface area contributed by atoms with Crippen LogP contribution in [-0.2, 0) is 19.1 Å². The van der Waals surface area contributed by atoms with E-state index in [9.17, 15) is 14.4 Å². The Kier molecular flexibility index (Phi) is 7.17. The van der Waals surface area contributed by atoms with Crippen molar-refractivity contribution in [2.45, 2.75) is 25.8 Å². The lowest BCUT2D eigenvalue weighted by molar-refractivity contribution is -0.135. The fraction of sp³-hybridized carbons (Fsp3) is 0.429. The first-order valence-corrected chi connectivity index (χ1v) is 9.71. The molecular weight excluding hydrogens is 388 g/mol. The second kappa shape index (κ2) is 10.0. The van der Waals surface area contributed by atoms with Gasteiger partial charge in [0, 0.05) is 18.7 Å². The predicted octanol–water partition coefficient (Wildman–Crippen LogP) is 0.761. The number of aryl methyl sites for hydroxylation is 1. The fourth-order valence-corrected chi connectivity index (χ4v) is 3.41. The number of nitrogens with one attached hydrogen (secondary N) is 2. The molecule has 0 spiro atoms. The van der Waals surface area contributed by atoms with Gasteiger partial charge in [-0.15, -0.1) is 6.42 Å². The maximum Gasteiger partial charge on any atom is 0.264 e. The molecule has 2 heterocycles. The molecular formula is C21H24N4O5. The molecule has 1 aromatic heterocycles. The van der Waals surface area contributed by atoms with E-state index in [0.717, 1.165) is 0 Å². The van der Waals surface area contributed by atoms with E-state index in [2.05, 4.69) is 21.5 Å². The Morgan fingerprint density at radius 1 is 1.27 bits per heavy atom. The minimum Gasteiger partial charge on any atom is -0.382 e. The summed E-state index contributed by atoms with van der Waals surface area (Å²) in [4.78, 5) is 41.5. The van der Waals surface area contributed by atoms with Gasteiger partial charge in [-0.1, -0.05) is 12.0 Å². The summed E-state index contributed by atoms with van der Waals surface area (Å²) in [5.41, 5.74) is 0.826. The van der Waals surface area contributed by atoms with Gasteiger partial charge in [-0.2, -0.15) is 0 Å². The second-order valence-corrected chi connectivity index (χ2v) is 6.80. The van der Waals surface area contributed by atoms with Crippen LogP contribution in [0.15, 0.2) is 23.0 Å². The number of terminal acetylenes is 1. The molecule has 0 aliphatic carbocycles. The number of aromatic nitrogens is 2. The number of anilines is 1. The van der Waals surface area contributed by atoms with Crippen LogP contribution in [0.3, 0.4) is 0 Å². The molecule has 1 unspecified atom stereocenters. The number of piperidine rings is 1. The molecule has 158 valence electrons. The smallest absolute Gasteiger partial charge is 0.264 e. The molecule has 1 fully saturated rings. The van der Waals surface area contributed by atoms with Crippen molar-refractivity contribution in [1.29, 1.82) is 0 Å². The van der Waals surface area contributed by atoms with Gasteiger partial charge < -0.3 is 14.8 Å². The highest BCUT2D eigenvalue weighted by Gasteiger charge is 2.30. The summed E-state index contributed by atoms with van der Waals surface area (Å²) in [5.74, 6) is 1.99. The number of rotatable bonds is 9. The highest BCUT2D eigenvalue weighted by molar-refractivity contribution is 5.99. The zero-order valence-corrected chi connectivity index (χ0v) is 16.8. The summed E-state index contributed by atoms with van der Waals surface area (Å²) in [6.45, 7) is 3.65. The lowest BCUT2D eigenvalue weighted by Gasteiger charge is -2.24. The summed E-state index contributed by atoms with van der Waals surface area (Å²) in [6, 6.07) is 4.59. The SMILES string of the molecule is C#CCOCCOCCNc1cccc2nc(C)n(C3CCC(=O)NC3=O)c(=O)c12. The first kappa shape index (κ1) is 21.5. The summed E-state index contributed by atoms with van der Waals surface area (Å²) < 4.78 is 12.0. The Hall–Kier alpha value is -3.22. The number of carbonyl (C=O) groups is 2. The first-order chi connectivity index (χ1) is 14.5. The van der Waals surface area contributed by atoms with Crippen LogP contribution in [-0.4, -0.2) is 54.3 Å². The van der Waals surface area contributed by atoms with Crippen LogP contribution in [0.4, 0.5) is 5.69 Å². The Balaban J connectivity index is 1.76. The standard InChI is InChI=1S/C21H24N4O5/c1-3-10-29-12-13-30-11-9-22-15-5-4-6-16-19(15)21(28)25(14(2)23-16)17-7-8-18(26)24-20(17)27/h1,4-6,17,22H,7-13H2,2H3,(H,24,26,27). The van der Waals surface area contributed by atoms with Crippen molar-refractivity contribution < 1.29 is 19.1 Å². The summed E-state index contributed by atoms with van der Waals surface area (Å²) in [7, 11) is 0. The van der Waals surface area contributed by atoms with Crippen LogP contribution >= 0.6 is 0 Å². The van der Waals surface area contributed by atoms with Gasteiger partial charge in [0.05, 0.1) is 30.7 Å². The molecule has 1 aromatic carbocycles. The molecule has 30 heavy (non-hydrogen) atoms. The van der Waals surface area contributed by atoms with E-state index in [1.54, 1.807) is 25.1 Å². The lowest BCUT2D eigenvalue weighted by atomic mass is 10.1. The zero-order valence-electron chi connectivity index (χ0n) is 16.8. The Bertz CT molecular complexity index is 1040. The topological polar surface area (TPSA) is 112 Å². The third-order valence-electron chi connectivity index (χ3n) is 4.75.